The van der Waals surface area contributed by atoms with E-state index in [1.54, 1.807) is 0 Å². The first-order chi connectivity index (χ1) is 7.57. The van der Waals surface area contributed by atoms with Crippen LogP contribution in [0.5, 0.6) is 5.75 Å². The van der Waals surface area contributed by atoms with Crippen LogP contribution in [0.25, 0.3) is 0 Å². The Morgan fingerprint density at radius 1 is 1.56 bits per heavy atom. The molecule has 0 amide bonds. The second-order valence-electron chi connectivity index (χ2n) is 3.17. The van der Waals surface area contributed by atoms with Crippen LogP contribution in [0.15, 0.2) is 12.1 Å². The van der Waals surface area contributed by atoms with Crippen molar-refractivity contribution in [2.45, 2.75) is 19.8 Å². The van der Waals surface area contributed by atoms with E-state index in [1.165, 1.54) is 6.07 Å². The molecule has 0 N–H and O–H groups in total. The number of ether oxygens (including phenoxy) is 1. The van der Waals surface area contributed by atoms with Gasteiger partial charge in [-0.1, -0.05) is 24.9 Å². The SMILES string of the molecule is CCCCOc1c(Cl)ccc([N+](=O)[O-])c1F. The van der Waals surface area contributed by atoms with Crippen LogP contribution in [0.3, 0.4) is 0 Å². The minimum atomic E-state index is -1.02. The molecule has 88 valence electrons. The zero-order valence-corrected chi connectivity index (χ0v) is 9.46. The number of rotatable bonds is 5. The maximum atomic E-state index is 13.6. The van der Waals surface area contributed by atoms with Crippen LogP contribution in [0.1, 0.15) is 19.8 Å². The van der Waals surface area contributed by atoms with Crippen LogP contribution < -0.4 is 4.74 Å². The average Bonchev–Trinajstić information content (AvgIpc) is 2.22. The molecule has 0 spiro atoms. The van der Waals surface area contributed by atoms with E-state index in [0.29, 0.717) is 0 Å². The van der Waals surface area contributed by atoms with Crippen molar-refractivity contribution in [2.24, 2.45) is 0 Å². The van der Waals surface area contributed by atoms with Crippen LogP contribution in [-0.2, 0) is 0 Å². The van der Waals surface area contributed by atoms with Crippen molar-refractivity contribution in [1.29, 1.82) is 0 Å². The normalized spacial score (nSPS) is 10.2. The number of hydrogen-bond acceptors (Lipinski definition) is 3. The number of halogens is 2. The highest BCUT2D eigenvalue weighted by atomic mass is 35.5. The van der Waals surface area contributed by atoms with Crippen molar-refractivity contribution in [3.05, 3.63) is 33.1 Å². The lowest BCUT2D eigenvalue weighted by Crippen LogP contribution is -2.02. The summed E-state index contributed by atoms with van der Waals surface area (Å²) in [4.78, 5) is 9.67. The van der Waals surface area contributed by atoms with Crippen LogP contribution >= 0.6 is 11.6 Å². The van der Waals surface area contributed by atoms with Crippen LogP contribution in [0.4, 0.5) is 10.1 Å². The predicted octanol–water partition coefficient (Wildman–Crippen LogP) is 3.57. The molecule has 1 rings (SSSR count). The molecule has 4 nitrogen and oxygen atoms in total. The highest BCUT2D eigenvalue weighted by molar-refractivity contribution is 6.32. The quantitative estimate of drug-likeness (QED) is 0.454. The summed E-state index contributed by atoms with van der Waals surface area (Å²) in [6, 6.07) is 2.27. The Labute approximate surface area is 97.1 Å². The largest absolute Gasteiger partial charge is 0.489 e. The Balaban J connectivity index is 2.97. The maximum Gasteiger partial charge on any atom is 0.308 e. The molecule has 1 aromatic rings. The first kappa shape index (κ1) is 12.7. The van der Waals surface area contributed by atoms with Gasteiger partial charge in [-0.3, -0.25) is 10.1 Å². The highest BCUT2D eigenvalue weighted by Crippen LogP contribution is 2.33. The number of unbranched alkanes of at least 4 members (excludes halogenated alkanes) is 1. The summed E-state index contributed by atoms with van der Waals surface area (Å²) >= 11 is 5.70. The molecule has 0 saturated heterocycles. The molecule has 16 heavy (non-hydrogen) atoms. The molecule has 0 fully saturated rings. The minimum Gasteiger partial charge on any atom is -0.489 e. The van der Waals surface area contributed by atoms with Gasteiger partial charge in [0, 0.05) is 6.07 Å². The first-order valence-electron chi connectivity index (χ1n) is 4.83. The number of nitrogens with zero attached hydrogens (tertiary/aromatic N) is 1. The Morgan fingerprint density at radius 2 is 2.25 bits per heavy atom. The predicted molar refractivity (Wildman–Crippen MR) is 58.5 cm³/mol. The lowest BCUT2D eigenvalue weighted by atomic mass is 10.3. The summed E-state index contributed by atoms with van der Waals surface area (Å²) in [6.07, 6.45) is 1.62. The highest BCUT2D eigenvalue weighted by Gasteiger charge is 2.21. The van der Waals surface area contributed by atoms with E-state index in [-0.39, 0.29) is 17.4 Å². The second-order valence-corrected chi connectivity index (χ2v) is 3.58. The summed E-state index contributed by atoms with van der Waals surface area (Å²) < 4.78 is 18.6. The molecular formula is C10H11ClFNO3. The van der Waals surface area contributed by atoms with Gasteiger partial charge in [0.1, 0.15) is 0 Å². The van der Waals surface area contributed by atoms with Crippen molar-refractivity contribution in [3.63, 3.8) is 0 Å². The molecule has 0 heterocycles. The summed E-state index contributed by atoms with van der Waals surface area (Å²) in [6.45, 7) is 2.24. The number of benzene rings is 1. The zero-order valence-electron chi connectivity index (χ0n) is 8.70. The smallest absolute Gasteiger partial charge is 0.308 e. The summed E-state index contributed by atoms with van der Waals surface area (Å²) in [5, 5.41) is 10.5. The van der Waals surface area contributed by atoms with Gasteiger partial charge in [-0.05, 0) is 12.5 Å². The van der Waals surface area contributed by atoms with Gasteiger partial charge in [-0.2, -0.15) is 4.39 Å². The first-order valence-corrected chi connectivity index (χ1v) is 5.21. The molecule has 0 radical (unpaired) electrons. The van der Waals surface area contributed by atoms with Gasteiger partial charge in [0.2, 0.25) is 5.82 Å². The third-order valence-corrected chi connectivity index (χ3v) is 2.27. The number of nitro benzene ring substituents is 1. The van der Waals surface area contributed by atoms with Gasteiger partial charge in [-0.25, -0.2) is 0 Å². The fourth-order valence-corrected chi connectivity index (χ4v) is 1.31. The van der Waals surface area contributed by atoms with Crippen molar-refractivity contribution >= 4 is 17.3 Å². The zero-order chi connectivity index (χ0) is 12.1. The molecule has 0 bridgehead atoms. The Morgan fingerprint density at radius 3 is 2.81 bits per heavy atom. The minimum absolute atomic E-state index is 0.0409. The van der Waals surface area contributed by atoms with Crippen LogP contribution in [-0.4, -0.2) is 11.5 Å². The van der Waals surface area contributed by atoms with Crippen molar-refractivity contribution in [3.8, 4) is 5.75 Å². The molecule has 6 heteroatoms. The lowest BCUT2D eigenvalue weighted by Gasteiger charge is -2.08. The van der Waals surface area contributed by atoms with E-state index in [2.05, 4.69) is 0 Å². The van der Waals surface area contributed by atoms with E-state index in [0.717, 1.165) is 18.9 Å². The van der Waals surface area contributed by atoms with Gasteiger partial charge in [0.25, 0.3) is 0 Å². The van der Waals surface area contributed by atoms with Gasteiger partial charge in [0.05, 0.1) is 16.6 Å². The fourth-order valence-electron chi connectivity index (χ4n) is 1.11. The second kappa shape index (κ2) is 5.65. The molecule has 0 saturated carbocycles. The topological polar surface area (TPSA) is 52.4 Å². The van der Waals surface area contributed by atoms with Gasteiger partial charge in [0.15, 0.2) is 5.75 Å². The molecule has 0 aromatic heterocycles. The van der Waals surface area contributed by atoms with E-state index in [9.17, 15) is 14.5 Å². The molecule has 1 aromatic carbocycles. The number of nitro groups is 1. The molecule has 0 atom stereocenters. The third kappa shape index (κ3) is 2.82. The molecule has 0 unspecified atom stereocenters. The van der Waals surface area contributed by atoms with Gasteiger partial charge in [-0.15, -0.1) is 0 Å². The standard InChI is InChI=1S/C10H11ClFNO3/c1-2-3-6-16-10-7(11)4-5-8(9(10)12)13(14)15/h4-5H,2-3,6H2,1H3. The Hall–Kier alpha value is -1.36. The van der Waals surface area contributed by atoms with Crippen molar-refractivity contribution in [2.75, 3.05) is 6.61 Å². The monoisotopic (exact) mass is 247 g/mol. The summed E-state index contributed by atoms with van der Waals surface area (Å²) in [5.41, 5.74) is -0.629. The molecular weight excluding hydrogens is 237 g/mol. The van der Waals surface area contributed by atoms with Crippen molar-refractivity contribution in [1.82, 2.24) is 0 Å². The van der Waals surface area contributed by atoms with E-state index in [1.807, 2.05) is 6.92 Å². The van der Waals surface area contributed by atoms with E-state index >= 15 is 0 Å². The van der Waals surface area contributed by atoms with Crippen molar-refractivity contribution < 1.29 is 14.1 Å². The third-order valence-electron chi connectivity index (χ3n) is 1.97. The summed E-state index contributed by atoms with van der Waals surface area (Å²) in [5.74, 6) is -1.27. The van der Waals surface area contributed by atoms with Crippen LogP contribution in [0, 0.1) is 15.9 Å². The molecule has 0 aliphatic rings. The maximum absolute atomic E-state index is 13.6. The van der Waals surface area contributed by atoms with E-state index in [4.69, 9.17) is 16.3 Å². The average molecular weight is 248 g/mol. The Bertz CT molecular complexity index is 398. The fraction of sp³-hybridized carbons (Fsp3) is 0.400. The lowest BCUT2D eigenvalue weighted by molar-refractivity contribution is -0.387. The molecule has 0 aliphatic heterocycles. The Kier molecular flexibility index (Phi) is 4.49. The van der Waals surface area contributed by atoms with Gasteiger partial charge < -0.3 is 4.74 Å². The van der Waals surface area contributed by atoms with Crippen LogP contribution in [0.2, 0.25) is 5.02 Å². The van der Waals surface area contributed by atoms with Gasteiger partial charge >= 0.3 is 5.69 Å². The summed E-state index contributed by atoms with van der Waals surface area (Å²) in [7, 11) is 0. The van der Waals surface area contributed by atoms with E-state index < -0.39 is 16.4 Å². The number of hydrogen-bond donors (Lipinski definition) is 0. The molecule has 0 aliphatic carbocycles.